The van der Waals surface area contributed by atoms with Crippen molar-refractivity contribution in [1.29, 1.82) is 5.26 Å². The molecule has 1 atom stereocenters. The molecule has 0 amide bonds. The molecule has 0 aliphatic carbocycles. The van der Waals surface area contributed by atoms with Gasteiger partial charge in [-0.25, -0.2) is 0 Å². The molecule has 2 aromatic rings. The van der Waals surface area contributed by atoms with Crippen LogP contribution in [0.3, 0.4) is 0 Å². The molecule has 1 aromatic heterocycles. The van der Waals surface area contributed by atoms with Gasteiger partial charge < -0.3 is 5.32 Å². The van der Waals surface area contributed by atoms with Gasteiger partial charge in [0.05, 0.1) is 11.6 Å². The molecule has 3 nitrogen and oxygen atoms in total. The third kappa shape index (κ3) is 3.19. The molecule has 1 N–H and O–H groups in total. The maximum absolute atomic E-state index is 12.6. The minimum absolute atomic E-state index is 0.441. The third-order valence-electron chi connectivity index (χ3n) is 3.45. The second-order valence-corrected chi connectivity index (χ2v) is 4.81. The van der Waals surface area contributed by atoms with Gasteiger partial charge in [0.25, 0.3) is 0 Å². The molecule has 0 radical (unpaired) electrons. The first-order chi connectivity index (χ1) is 10.4. The molecule has 1 heterocycles. The lowest BCUT2D eigenvalue weighted by Gasteiger charge is -2.28. The molecule has 0 saturated carbocycles. The molecular formula is C16H14F3N3. The molecule has 0 bridgehead atoms. The highest BCUT2D eigenvalue weighted by molar-refractivity contribution is 5.51. The van der Waals surface area contributed by atoms with Crippen LogP contribution in [0.2, 0.25) is 0 Å². The van der Waals surface area contributed by atoms with Gasteiger partial charge in [-0.2, -0.15) is 18.4 Å². The van der Waals surface area contributed by atoms with Crippen molar-refractivity contribution in [3.63, 3.8) is 0 Å². The Hall–Kier alpha value is -2.55. The number of hydrogen-bond donors (Lipinski definition) is 1. The fourth-order valence-electron chi connectivity index (χ4n) is 2.14. The van der Waals surface area contributed by atoms with E-state index in [-0.39, 0.29) is 0 Å². The summed E-state index contributed by atoms with van der Waals surface area (Å²) in [5.74, 6) is 0. The number of hydrogen-bond acceptors (Lipinski definition) is 3. The van der Waals surface area contributed by atoms with E-state index < -0.39 is 17.3 Å². The number of rotatable bonds is 4. The van der Waals surface area contributed by atoms with Crippen LogP contribution < -0.4 is 5.32 Å². The second-order valence-electron chi connectivity index (χ2n) is 4.81. The summed E-state index contributed by atoms with van der Waals surface area (Å²) in [7, 11) is 0. The van der Waals surface area contributed by atoms with Gasteiger partial charge in [-0.3, -0.25) is 4.98 Å². The van der Waals surface area contributed by atoms with Crippen LogP contribution in [0.15, 0.2) is 48.8 Å². The number of benzene rings is 1. The van der Waals surface area contributed by atoms with Gasteiger partial charge in [-0.15, -0.1) is 0 Å². The van der Waals surface area contributed by atoms with Gasteiger partial charge in [-0.05, 0) is 36.8 Å². The summed E-state index contributed by atoms with van der Waals surface area (Å²) < 4.78 is 37.7. The van der Waals surface area contributed by atoms with Gasteiger partial charge in [0, 0.05) is 23.6 Å². The molecule has 1 aromatic carbocycles. The average Bonchev–Trinajstić information content (AvgIpc) is 2.53. The summed E-state index contributed by atoms with van der Waals surface area (Å²) in [6.45, 7) is 1.83. The predicted molar refractivity (Wildman–Crippen MR) is 76.9 cm³/mol. The van der Waals surface area contributed by atoms with Crippen LogP contribution in [0, 0.1) is 11.3 Å². The van der Waals surface area contributed by atoms with E-state index in [1.807, 2.05) is 6.92 Å². The highest BCUT2D eigenvalue weighted by atomic mass is 19.4. The number of nitriles is 1. The standard InChI is InChI=1S/C16H14F3N3/c1-2-15(11-20,13-4-3-9-21-10-13)22-14-7-5-12(6-8-14)16(17,18)19/h3-10,22H,2H2,1H3. The Labute approximate surface area is 126 Å². The summed E-state index contributed by atoms with van der Waals surface area (Å²) in [5, 5.41) is 12.6. The van der Waals surface area contributed by atoms with E-state index >= 15 is 0 Å². The van der Waals surface area contributed by atoms with Crippen LogP contribution in [0.25, 0.3) is 0 Å². The smallest absolute Gasteiger partial charge is 0.364 e. The summed E-state index contributed by atoms with van der Waals surface area (Å²) in [6, 6.07) is 10.3. The van der Waals surface area contributed by atoms with Crippen LogP contribution >= 0.6 is 0 Å². The van der Waals surface area contributed by atoms with E-state index in [9.17, 15) is 18.4 Å². The van der Waals surface area contributed by atoms with Gasteiger partial charge in [0.15, 0.2) is 5.54 Å². The zero-order valence-corrected chi connectivity index (χ0v) is 11.9. The number of halogens is 3. The molecule has 0 spiro atoms. The highest BCUT2D eigenvalue weighted by Gasteiger charge is 2.32. The Kier molecular flexibility index (Phi) is 4.36. The summed E-state index contributed by atoms with van der Waals surface area (Å²) in [4.78, 5) is 3.99. The molecule has 0 aliphatic rings. The molecule has 6 heteroatoms. The van der Waals surface area contributed by atoms with Gasteiger partial charge in [0.1, 0.15) is 0 Å². The quantitative estimate of drug-likeness (QED) is 0.914. The number of anilines is 1. The van der Waals surface area contributed by atoms with Crippen molar-refractivity contribution in [2.75, 3.05) is 5.32 Å². The van der Waals surface area contributed by atoms with Gasteiger partial charge in [-0.1, -0.05) is 13.0 Å². The minimum Gasteiger partial charge on any atom is -0.364 e. The average molecular weight is 305 g/mol. The predicted octanol–water partition coefficient (Wildman–Crippen LogP) is 4.34. The molecule has 1 unspecified atom stereocenters. The van der Waals surface area contributed by atoms with Gasteiger partial charge >= 0.3 is 6.18 Å². The Morgan fingerprint density at radius 3 is 2.27 bits per heavy atom. The summed E-state index contributed by atoms with van der Waals surface area (Å²) in [5.41, 5.74) is -0.646. The fourth-order valence-corrected chi connectivity index (χ4v) is 2.14. The number of aromatic nitrogens is 1. The molecule has 2 rings (SSSR count). The first-order valence-electron chi connectivity index (χ1n) is 6.68. The van der Waals surface area contributed by atoms with Crippen molar-refractivity contribution in [3.8, 4) is 6.07 Å². The lowest BCUT2D eigenvalue weighted by molar-refractivity contribution is -0.137. The van der Waals surface area contributed by atoms with Crippen molar-refractivity contribution in [2.45, 2.75) is 25.1 Å². The zero-order valence-electron chi connectivity index (χ0n) is 11.9. The maximum Gasteiger partial charge on any atom is 0.416 e. The van der Waals surface area contributed by atoms with E-state index in [2.05, 4.69) is 16.4 Å². The lowest BCUT2D eigenvalue weighted by atomic mass is 9.89. The highest BCUT2D eigenvalue weighted by Crippen LogP contribution is 2.32. The van der Waals surface area contributed by atoms with Crippen LogP contribution in [0.5, 0.6) is 0 Å². The Morgan fingerprint density at radius 1 is 1.14 bits per heavy atom. The maximum atomic E-state index is 12.6. The zero-order chi connectivity index (χ0) is 16.2. The van der Waals surface area contributed by atoms with E-state index in [0.29, 0.717) is 17.7 Å². The minimum atomic E-state index is -4.38. The normalized spacial score (nSPS) is 14.0. The van der Waals surface area contributed by atoms with Crippen molar-refractivity contribution < 1.29 is 13.2 Å². The van der Waals surface area contributed by atoms with Crippen molar-refractivity contribution in [2.24, 2.45) is 0 Å². The molecule has 114 valence electrons. The molecule has 0 fully saturated rings. The number of nitrogens with zero attached hydrogens (tertiary/aromatic N) is 2. The van der Waals surface area contributed by atoms with Crippen molar-refractivity contribution in [3.05, 3.63) is 59.9 Å². The Balaban J connectivity index is 2.32. The monoisotopic (exact) mass is 305 g/mol. The summed E-state index contributed by atoms with van der Waals surface area (Å²) >= 11 is 0. The van der Waals surface area contributed by atoms with Crippen molar-refractivity contribution >= 4 is 5.69 Å². The molecular weight excluding hydrogens is 291 g/mol. The third-order valence-corrected chi connectivity index (χ3v) is 3.45. The first kappa shape index (κ1) is 15.8. The van der Waals surface area contributed by atoms with E-state index in [4.69, 9.17) is 0 Å². The van der Waals surface area contributed by atoms with Crippen molar-refractivity contribution in [1.82, 2.24) is 4.98 Å². The largest absolute Gasteiger partial charge is 0.416 e. The van der Waals surface area contributed by atoms with Crippen LogP contribution in [0.1, 0.15) is 24.5 Å². The molecule has 0 aliphatic heterocycles. The first-order valence-corrected chi connectivity index (χ1v) is 6.68. The van der Waals surface area contributed by atoms with Crippen LogP contribution in [-0.2, 0) is 11.7 Å². The van der Waals surface area contributed by atoms with Crippen LogP contribution in [0.4, 0.5) is 18.9 Å². The number of nitrogens with one attached hydrogen (secondary N) is 1. The van der Waals surface area contributed by atoms with E-state index in [1.54, 1.807) is 24.5 Å². The van der Waals surface area contributed by atoms with Gasteiger partial charge in [0.2, 0.25) is 0 Å². The van der Waals surface area contributed by atoms with Crippen LogP contribution in [-0.4, -0.2) is 4.98 Å². The second kappa shape index (κ2) is 6.06. The van der Waals surface area contributed by atoms with E-state index in [1.165, 1.54) is 12.1 Å². The SMILES string of the molecule is CCC(C#N)(Nc1ccc(C(F)(F)F)cc1)c1cccnc1. The molecule has 0 saturated heterocycles. The summed E-state index contributed by atoms with van der Waals surface area (Å²) in [6.07, 6.45) is -0.765. The number of alkyl halides is 3. The molecule has 22 heavy (non-hydrogen) atoms. The fraction of sp³-hybridized carbons (Fsp3) is 0.250. The Morgan fingerprint density at radius 2 is 1.82 bits per heavy atom. The lowest BCUT2D eigenvalue weighted by Crippen LogP contribution is -2.33. The number of pyridine rings is 1. The van der Waals surface area contributed by atoms with E-state index in [0.717, 1.165) is 12.1 Å². The Bertz CT molecular complexity index is 660. The topological polar surface area (TPSA) is 48.7 Å².